The SMILES string of the molecule is COc1ccc2nccc([C@@H](O)CCC3CCN(CCCc4cccs4)CC3CCC(=O)O)c2c1. The fourth-order valence-corrected chi connectivity index (χ4v) is 6.15. The number of nitrogens with zero attached hydrogens (tertiary/aromatic N) is 2. The minimum absolute atomic E-state index is 0.210. The standard InChI is InChI=1S/C28H36N2O4S/c1-34-22-8-9-26-25(18-22)24(12-14-29-26)27(31)10-6-20-13-16-30(19-21(20)7-11-28(32)33)15-2-4-23-5-3-17-35-23/h3,5,8-9,12,14,17-18,20-21,27,31H,2,4,6-7,10-11,13,15-16,19H2,1H3,(H,32,33)/t20?,21?,27-/m0/s1. The molecule has 7 heteroatoms. The van der Waals surface area contributed by atoms with Crippen molar-refractivity contribution in [3.05, 3.63) is 58.4 Å². The van der Waals surface area contributed by atoms with Crippen LogP contribution in [0.5, 0.6) is 5.75 Å². The molecule has 0 aliphatic carbocycles. The Hall–Kier alpha value is -2.48. The van der Waals surface area contributed by atoms with Crippen molar-refractivity contribution in [1.29, 1.82) is 0 Å². The van der Waals surface area contributed by atoms with E-state index in [0.717, 1.165) is 67.5 Å². The highest BCUT2D eigenvalue weighted by molar-refractivity contribution is 7.09. The zero-order valence-corrected chi connectivity index (χ0v) is 21.3. The number of aliphatic hydroxyl groups excluding tert-OH is 1. The molecule has 3 atom stereocenters. The van der Waals surface area contributed by atoms with Gasteiger partial charge >= 0.3 is 5.97 Å². The number of likely N-dealkylation sites (tertiary alicyclic amines) is 1. The van der Waals surface area contributed by atoms with Gasteiger partial charge in [-0.25, -0.2) is 0 Å². The van der Waals surface area contributed by atoms with Crippen molar-refractivity contribution in [2.24, 2.45) is 11.8 Å². The molecule has 1 aliphatic heterocycles. The maximum Gasteiger partial charge on any atom is 0.303 e. The van der Waals surface area contributed by atoms with Gasteiger partial charge in [0, 0.05) is 29.4 Å². The molecule has 0 spiro atoms. The van der Waals surface area contributed by atoms with Gasteiger partial charge in [-0.2, -0.15) is 0 Å². The second-order valence-electron chi connectivity index (χ2n) is 9.60. The quantitative estimate of drug-likeness (QED) is 0.342. The van der Waals surface area contributed by atoms with Crippen molar-refractivity contribution in [3.8, 4) is 5.75 Å². The lowest BCUT2D eigenvalue weighted by molar-refractivity contribution is -0.137. The summed E-state index contributed by atoms with van der Waals surface area (Å²) in [6.45, 7) is 3.06. The average molecular weight is 497 g/mol. The second-order valence-corrected chi connectivity index (χ2v) is 10.6. The van der Waals surface area contributed by atoms with Crippen molar-refractivity contribution in [2.75, 3.05) is 26.7 Å². The third-order valence-corrected chi connectivity index (χ3v) is 8.27. The number of carboxylic acids is 1. The summed E-state index contributed by atoms with van der Waals surface area (Å²) in [5.41, 5.74) is 1.72. The number of piperidine rings is 1. The molecule has 1 saturated heterocycles. The highest BCUT2D eigenvalue weighted by Crippen LogP contribution is 2.35. The van der Waals surface area contributed by atoms with Crippen LogP contribution in [0.2, 0.25) is 0 Å². The summed E-state index contributed by atoms with van der Waals surface area (Å²) in [4.78, 5) is 19.7. The summed E-state index contributed by atoms with van der Waals surface area (Å²) in [7, 11) is 1.64. The lowest BCUT2D eigenvalue weighted by atomic mass is 9.79. The van der Waals surface area contributed by atoms with Gasteiger partial charge in [0.2, 0.25) is 0 Å². The maximum absolute atomic E-state index is 11.3. The molecule has 1 aliphatic rings. The summed E-state index contributed by atoms with van der Waals surface area (Å²) < 4.78 is 5.37. The predicted molar refractivity (Wildman–Crippen MR) is 140 cm³/mol. The number of hydrogen-bond acceptors (Lipinski definition) is 6. The number of fused-ring (bicyclic) bond motifs is 1. The van der Waals surface area contributed by atoms with Gasteiger partial charge in [-0.05, 0) is 105 Å². The molecule has 0 radical (unpaired) electrons. The molecule has 1 fully saturated rings. The molecule has 6 nitrogen and oxygen atoms in total. The highest BCUT2D eigenvalue weighted by Gasteiger charge is 2.30. The second kappa shape index (κ2) is 12.5. The number of hydrogen-bond donors (Lipinski definition) is 2. The number of ether oxygens (including phenoxy) is 1. The molecule has 4 rings (SSSR count). The number of aromatic nitrogens is 1. The number of thiophene rings is 1. The number of carboxylic acid groups (broad SMARTS) is 1. The van der Waals surface area contributed by atoms with Gasteiger partial charge in [0.05, 0.1) is 18.7 Å². The number of aliphatic carboxylic acids is 1. The molecule has 3 heterocycles. The molecule has 188 valence electrons. The molecular weight excluding hydrogens is 460 g/mol. The van der Waals surface area contributed by atoms with Crippen LogP contribution in [0.1, 0.15) is 55.1 Å². The number of benzene rings is 1. The lowest BCUT2D eigenvalue weighted by Crippen LogP contribution is -2.41. The zero-order chi connectivity index (χ0) is 24.6. The molecule has 3 aromatic rings. The first kappa shape index (κ1) is 25.6. The van der Waals surface area contributed by atoms with Gasteiger partial charge in [-0.3, -0.25) is 9.78 Å². The first-order valence-electron chi connectivity index (χ1n) is 12.6. The van der Waals surface area contributed by atoms with E-state index in [1.165, 1.54) is 4.88 Å². The van der Waals surface area contributed by atoms with Crippen molar-refractivity contribution >= 4 is 28.2 Å². The Bertz CT molecular complexity index is 1090. The van der Waals surface area contributed by atoms with E-state index in [0.29, 0.717) is 24.7 Å². The minimum atomic E-state index is -0.726. The number of carbonyl (C=O) groups is 1. The van der Waals surface area contributed by atoms with E-state index in [1.54, 1.807) is 13.3 Å². The van der Waals surface area contributed by atoms with Crippen LogP contribution >= 0.6 is 11.3 Å². The molecule has 2 N–H and O–H groups in total. The maximum atomic E-state index is 11.3. The van der Waals surface area contributed by atoms with Crippen LogP contribution in [0.25, 0.3) is 10.9 Å². The van der Waals surface area contributed by atoms with E-state index in [4.69, 9.17) is 4.74 Å². The van der Waals surface area contributed by atoms with Crippen molar-refractivity contribution < 1.29 is 19.7 Å². The smallest absolute Gasteiger partial charge is 0.303 e. The topological polar surface area (TPSA) is 82.9 Å². The Balaban J connectivity index is 1.36. The largest absolute Gasteiger partial charge is 0.497 e. The minimum Gasteiger partial charge on any atom is -0.497 e. The van der Waals surface area contributed by atoms with E-state index >= 15 is 0 Å². The number of pyridine rings is 1. The number of rotatable bonds is 12. The van der Waals surface area contributed by atoms with E-state index in [1.807, 2.05) is 35.6 Å². The van der Waals surface area contributed by atoms with Crippen molar-refractivity contribution in [3.63, 3.8) is 0 Å². The van der Waals surface area contributed by atoms with E-state index in [2.05, 4.69) is 27.4 Å². The molecule has 0 bridgehead atoms. The zero-order valence-electron chi connectivity index (χ0n) is 20.4. The molecule has 1 aromatic carbocycles. The molecular formula is C28H36N2O4S. The van der Waals surface area contributed by atoms with Gasteiger partial charge in [-0.15, -0.1) is 11.3 Å². The molecule has 35 heavy (non-hydrogen) atoms. The van der Waals surface area contributed by atoms with E-state index in [9.17, 15) is 15.0 Å². The number of aryl methyl sites for hydroxylation is 1. The van der Waals surface area contributed by atoms with Gasteiger partial charge in [0.1, 0.15) is 5.75 Å². The van der Waals surface area contributed by atoms with Crippen molar-refractivity contribution in [1.82, 2.24) is 9.88 Å². The van der Waals surface area contributed by atoms with Gasteiger partial charge < -0.3 is 19.8 Å². The van der Waals surface area contributed by atoms with Gasteiger partial charge in [0.15, 0.2) is 0 Å². The summed E-state index contributed by atoms with van der Waals surface area (Å²) in [6.07, 6.45) is 6.91. The lowest BCUT2D eigenvalue weighted by Gasteiger charge is -2.39. The van der Waals surface area contributed by atoms with Crippen LogP contribution in [0.3, 0.4) is 0 Å². The van der Waals surface area contributed by atoms with Crippen LogP contribution in [0, 0.1) is 11.8 Å². The van der Waals surface area contributed by atoms with Crippen LogP contribution < -0.4 is 4.74 Å². The van der Waals surface area contributed by atoms with Crippen LogP contribution in [-0.2, 0) is 11.2 Å². The summed E-state index contributed by atoms with van der Waals surface area (Å²) in [5, 5.41) is 23.4. The Kier molecular flexibility index (Phi) is 9.12. The van der Waals surface area contributed by atoms with Crippen LogP contribution in [-0.4, -0.2) is 52.8 Å². The van der Waals surface area contributed by atoms with E-state index < -0.39 is 12.1 Å². The molecule has 2 unspecified atom stereocenters. The fraction of sp³-hybridized carbons (Fsp3) is 0.500. The molecule has 2 aromatic heterocycles. The van der Waals surface area contributed by atoms with Crippen LogP contribution in [0.4, 0.5) is 0 Å². The first-order valence-corrected chi connectivity index (χ1v) is 13.5. The molecule has 0 amide bonds. The average Bonchev–Trinajstić information content (AvgIpc) is 3.39. The normalized spacial score (nSPS) is 19.6. The Morgan fingerprint density at radius 3 is 2.91 bits per heavy atom. The molecule has 0 saturated carbocycles. The Morgan fingerprint density at radius 1 is 1.26 bits per heavy atom. The van der Waals surface area contributed by atoms with Crippen LogP contribution in [0.15, 0.2) is 48.0 Å². The third kappa shape index (κ3) is 7.03. The highest BCUT2D eigenvalue weighted by atomic mass is 32.1. The van der Waals surface area contributed by atoms with Gasteiger partial charge in [0.25, 0.3) is 0 Å². The third-order valence-electron chi connectivity index (χ3n) is 7.33. The Labute approximate surface area is 211 Å². The summed E-state index contributed by atoms with van der Waals surface area (Å²) >= 11 is 1.81. The van der Waals surface area contributed by atoms with Gasteiger partial charge in [-0.1, -0.05) is 6.07 Å². The fourth-order valence-electron chi connectivity index (χ4n) is 5.40. The van der Waals surface area contributed by atoms with Crippen molar-refractivity contribution in [2.45, 2.75) is 51.0 Å². The predicted octanol–water partition coefficient (Wildman–Crippen LogP) is 5.55. The number of methoxy groups -OCH3 is 1. The summed E-state index contributed by atoms with van der Waals surface area (Å²) in [6, 6.07) is 11.9. The first-order chi connectivity index (χ1) is 17.0. The van der Waals surface area contributed by atoms with E-state index in [-0.39, 0.29) is 6.42 Å². The summed E-state index contributed by atoms with van der Waals surface area (Å²) in [5.74, 6) is 0.804. The number of aliphatic hydroxyl groups is 1. The monoisotopic (exact) mass is 496 g/mol. The Morgan fingerprint density at radius 2 is 2.14 bits per heavy atom.